The van der Waals surface area contributed by atoms with E-state index in [1.165, 1.54) is 18.4 Å². The molecule has 5 heteroatoms. The molecule has 2 aromatic rings. The number of benzene rings is 1. The lowest BCUT2D eigenvalue weighted by molar-refractivity contribution is 0.192. The van der Waals surface area contributed by atoms with E-state index in [4.69, 9.17) is 0 Å². The molecule has 0 saturated carbocycles. The Morgan fingerprint density at radius 1 is 1.30 bits per heavy atom. The summed E-state index contributed by atoms with van der Waals surface area (Å²) >= 11 is 0. The number of rotatable bonds is 6. The first-order valence-corrected chi connectivity index (χ1v) is 9.79. The van der Waals surface area contributed by atoms with Crippen LogP contribution < -0.4 is 5.32 Å². The van der Waals surface area contributed by atoms with Crippen molar-refractivity contribution in [2.45, 2.75) is 32.2 Å². The summed E-state index contributed by atoms with van der Waals surface area (Å²) in [6.45, 7) is 6.33. The number of likely N-dealkylation sites (tertiary alicyclic amines) is 1. The molecule has 1 N–H and O–H groups in total. The van der Waals surface area contributed by atoms with E-state index in [2.05, 4.69) is 45.5 Å². The van der Waals surface area contributed by atoms with Gasteiger partial charge in [-0.15, -0.1) is 0 Å². The minimum absolute atomic E-state index is 0.0268. The third-order valence-electron chi connectivity index (χ3n) is 5.21. The zero-order valence-electron chi connectivity index (χ0n) is 16.4. The summed E-state index contributed by atoms with van der Waals surface area (Å²) < 4.78 is 0. The van der Waals surface area contributed by atoms with Gasteiger partial charge < -0.3 is 15.1 Å². The van der Waals surface area contributed by atoms with Gasteiger partial charge in [-0.1, -0.05) is 30.3 Å². The Hall–Kier alpha value is -2.40. The van der Waals surface area contributed by atoms with Gasteiger partial charge in [-0.3, -0.25) is 4.98 Å². The van der Waals surface area contributed by atoms with Crippen molar-refractivity contribution in [2.75, 3.05) is 33.2 Å². The van der Waals surface area contributed by atoms with E-state index in [0.29, 0.717) is 19.0 Å². The number of urea groups is 1. The molecule has 1 aromatic carbocycles. The van der Waals surface area contributed by atoms with Crippen LogP contribution in [0, 0.1) is 6.92 Å². The SMILES string of the molecule is Cc1cc(CN(C)C(=O)NCCN2CCC[C@@H](c3ccccc3)C2)ccn1. The fraction of sp³-hybridized carbons (Fsp3) is 0.455. The number of hydrogen-bond donors (Lipinski definition) is 1. The first-order chi connectivity index (χ1) is 13.1. The lowest BCUT2D eigenvalue weighted by Crippen LogP contribution is -2.43. The first kappa shape index (κ1) is 19.4. The summed E-state index contributed by atoms with van der Waals surface area (Å²) in [6.07, 6.45) is 4.26. The van der Waals surface area contributed by atoms with E-state index < -0.39 is 0 Å². The minimum atomic E-state index is -0.0268. The number of hydrogen-bond acceptors (Lipinski definition) is 3. The van der Waals surface area contributed by atoms with Gasteiger partial charge in [0.15, 0.2) is 0 Å². The van der Waals surface area contributed by atoms with E-state index in [1.54, 1.807) is 11.1 Å². The van der Waals surface area contributed by atoms with Gasteiger partial charge >= 0.3 is 6.03 Å². The molecular weight excluding hydrogens is 336 g/mol. The number of nitrogens with one attached hydrogen (secondary N) is 1. The maximum absolute atomic E-state index is 12.3. The number of carbonyl (C=O) groups is 1. The number of nitrogens with zero attached hydrogens (tertiary/aromatic N) is 3. The number of aromatic nitrogens is 1. The zero-order valence-corrected chi connectivity index (χ0v) is 16.4. The largest absolute Gasteiger partial charge is 0.337 e. The maximum Gasteiger partial charge on any atom is 0.317 e. The van der Waals surface area contributed by atoms with E-state index in [-0.39, 0.29) is 6.03 Å². The number of carbonyl (C=O) groups excluding carboxylic acids is 1. The van der Waals surface area contributed by atoms with Crippen LogP contribution >= 0.6 is 0 Å². The number of piperidine rings is 1. The molecule has 0 radical (unpaired) electrons. The Morgan fingerprint density at radius 3 is 2.89 bits per heavy atom. The average molecular weight is 367 g/mol. The minimum Gasteiger partial charge on any atom is -0.337 e. The normalized spacial score (nSPS) is 17.5. The molecule has 1 aromatic heterocycles. The van der Waals surface area contributed by atoms with Crippen LogP contribution in [-0.4, -0.2) is 54.0 Å². The summed E-state index contributed by atoms with van der Waals surface area (Å²) in [4.78, 5) is 20.7. The molecule has 5 nitrogen and oxygen atoms in total. The molecule has 144 valence electrons. The number of pyridine rings is 1. The molecule has 2 amide bonds. The highest BCUT2D eigenvalue weighted by Gasteiger charge is 2.21. The average Bonchev–Trinajstić information content (AvgIpc) is 2.69. The maximum atomic E-state index is 12.3. The molecule has 1 aliphatic heterocycles. The fourth-order valence-corrected chi connectivity index (χ4v) is 3.76. The molecule has 2 heterocycles. The molecule has 1 fully saturated rings. The van der Waals surface area contributed by atoms with Crippen LogP contribution in [-0.2, 0) is 6.54 Å². The van der Waals surface area contributed by atoms with E-state index in [0.717, 1.165) is 30.9 Å². The van der Waals surface area contributed by atoms with Gasteiger partial charge in [0.25, 0.3) is 0 Å². The number of amides is 2. The highest BCUT2D eigenvalue weighted by molar-refractivity contribution is 5.73. The van der Waals surface area contributed by atoms with Crippen molar-refractivity contribution in [2.24, 2.45) is 0 Å². The smallest absolute Gasteiger partial charge is 0.317 e. The van der Waals surface area contributed by atoms with Gasteiger partial charge in [-0.2, -0.15) is 0 Å². The molecular formula is C22H30N4O. The Labute approximate surface area is 162 Å². The van der Waals surface area contributed by atoms with Crippen molar-refractivity contribution in [1.29, 1.82) is 0 Å². The van der Waals surface area contributed by atoms with Crippen molar-refractivity contribution in [3.05, 3.63) is 65.5 Å². The molecule has 3 rings (SSSR count). The monoisotopic (exact) mass is 366 g/mol. The number of aryl methyl sites for hydroxylation is 1. The predicted molar refractivity (Wildman–Crippen MR) is 109 cm³/mol. The Morgan fingerprint density at radius 2 is 2.11 bits per heavy atom. The van der Waals surface area contributed by atoms with Gasteiger partial charge in [0.2, 0.25) is 0 Å². The van der Waals surface area contributed by atoms with E-state index in [9.17, 15) is 4.79 Å². The summed E-state index contributed by atoms with van der Waals surface area (Å²) in [5.74, 6) is 0.605. The highest BCUT2D eigenvalue weighted by Crippen LogP contribution is 2.26. The fourth-order valence-electron chi connectivity index (χ4n) is 3.76. The van der Waals surface area contributed by atoms with Crippen LogP contribution in [0.3, 0.4) is 0 Å². The van der Waals surface area contributed by atoms with Crippen molar-refractivity contribution < 1.29 is 4.79 Å². The van der Waals surface area contributed by atoms with Gasteiger partial charge in [-0.25, -0.2) is 4.79 Å². The Balaban J connectivity index is 1.41. The first-order valence-electron chi connectivity index (χ1n) is 9.79. The third-order valence-corrected chi connectivity index (χ3v) is 5.21. The van der Waals surface area contributed by atoms with Gasteiger partial charge in [-0.05, 0) is 55.5 Å². The topological polar surface area (TPSA) is 48.5 Å². The Bertz CT molecular complexity index is 734. The van der Waals surface area contributed by atoms with Crippen LogP contribution in [0.2, 0.25) is 0 Å². The molecule has 1 saturated heterocycles. The van der Waals surface area contributed by atoms with Gasteiger partial charge in [0.05, 0.1) is 0 Å². The van der Waals surface area contributed by atoms with Crippen LogP contribution in [0.5, 0.6) is 0 Å². The predicted octanol–water partition coefficient (Wildman–Crippen LogP) is 3.41. The molecule has 0 spiro atoms. The second-order valence-corrected chi connectivity index (χ2v) is 7.44. The molecule has 0 bridgehead atoms. The molecule has 0 unspecified atom stereocenters. The van der Waals surface area contributed by atoms with E-state index >= 15 is 0 Å². The lowest BCUT2D eigenvalue weighted by atomic mass is 9.91. The van der Waals surface area contributed by atoms with Crippen LogP contribution in [0.25, 0.3) is 0 Å². The van der Waals surface area contributed by atoms with Crippen LogP contribution in [0.4, 0.5) is 4.79 Å². The molecule has 0 aliphatic carbocycles. The van der Waals surface area contributed by atoms with Crippen LogP contribution in [0.15, 0.2) is 48.7 Å². The zero-order chi connectivity index (χ0) is 19.1. The van der Waals surface area contributed by atoms with Gasteiger partial charge in [0, 0.05) is 45.1 Å². The summed E-state index contributed by atoms with van der Waals surface area (Å²) in [7, 11) is 1.83. The van der Waals surface area contributed by atoms with Crippen molar-refractivity contribution in [3.63, 3.8) is 0 Å². The summed E-state index contributed by atoms with van der Waals surface area (Å²) in [6, 6.07) is 14.7. The van der Waals surface area contributed by atoms with E-state index in [1.807, 2.05) is 26.1 Å². The quantitative estimate of drug-likeness (QED) is 0.852. The highest BCUT2D eigenvalue weighted by atomic mass is 16.2. The summed E-state index contributed by atoms with van der Waals surface area (Å²) in [5, 5.41) is 3.05. The molecule has 1 atom stereocenters. The second kappa shape index (κ2) is 9.51. The van der Waals surface area contributed by atoms with Crippen molar-refractivity contribution >= 4 is 6.03 Å². The Kier molecular flexibility index (Phi) is 6.82. The third kappa shape index (κ3) is 5.79. The standard InChI is InChI=1S/C22H30N4O/c1-18-15-19(10-11-23-18)16-25(2)22(27)24-12-14-26-13-6-9-21(17-26)20-7-4-3-5-8-20/h3-5,7-8,10-11,15,21H,6,9,12-14,16-17H2,1-2H3,(H,24,27)/t21-/m1/s1. The lowest BCUT2D eigenvalue weighted by Gasteiger charge is -2.33. The van der Waals surface area contributed by atoms with Gasteiger partial charge in [0.1, 0.15) is 0 Å². The van der Waals surface area contributed by atoms with Crippen LogP contribution in [0.1, 0.15) is 35.6 Å². The van der Waals surface area contributed by atoms with Crippen molar-refractivity contribution in [3.8, 4) is 0 Å². The second-order valence-electron chi connectivity index (χ2n) is 7.44. The summed E-state index contributed by atoms with van der Waals surface area (Å²) in [5.41, 5.74) is 3.50. The van der Waals surface area contributed by atoms with Crippen molar-refractivity contribution in [1.82, 2.24) is 20.1 Å². The molecule has 27 heavy (non-hydrogen) atoms. The molecule has 1 aliphatic rings.